The lowest BCUT2D eigenvalue weighted by atomic mass is 10.2. The van der Waals surface area contributed by atoms with Crippen LogP contribution in [0.25, 0.3) is 0 Å². The highest BCUT2D eigenvalue weighted by Crippen LogP contribution is 2.28. The summed E-state index contributed by atoms with van der Waals surface area (Å²) in [6, 6.07) is 6.85. The molecule has 1 nitrogen and oxygen atoms in total. The maximum Gasteiger partial charge on any atom is 0.201 e. The molecular weight excluding hydrogens is 241 g/mol. The number of rotatable bonds is 2. The molecule has 4 heteroatoms. The van der Waals surface area contributed by atoms with Gasteiger partial charge in [-0.1, -0.05) is 12.1 Å². The zero-order valence-corrected chi connectivity index (χ0v) is 9.93. The Morgan fingerprint density at radius 3 is 2.17 bits per heavy atom. The molecule has 0 atom stereocenters. The summed E-state index contributed by atoms with van der Waals surface area (Å²) in [5.41, 5.74) is 0.646. The van der Waals surface area contributed by atoms with Crippen LogP contribution in [0.5, 0.6) is 11.5 Å². The standard InChI is InChI=1S/C14H11F3O/c1-8-3-5-10(7-11(8)15)18-12-6-4-9(2)13(16)14(12)17/h3-7H,1-2H3. The molecule has 0 unspecified atom stereocenters. The number of benzene rings is 2. The van der Waals surface area contributed by atoms with Crippen molar-refractivity contribution in [3.8, 4) is 11.5 Å². The average molecular weight is 252 g/mol. The van der Waals surface area contributed by atoms with Gasteiger partial charge >= 0.3 is 0 Å². The van der Waals surface area contributed by atoms with Gasteiger partial charge in [0, 0.05) is 6.07 Å². The molecule has 0 saturated carbocycles. The summed E-state index contributed by atoms with van der Waals surface area (Å²) in [5.74, 6) is -2.63. The van der Waals surface area contributed by atoms with Gasteiger partial charge in [0.15, 0.2) is 11.6 Å². The minimum absolute atomic E-state index is 0.125. The molecule has 2 aromatic carbocycles. The lowest BCUT2D eigenvalue weighted by molar-refractivity contribution is 0.412. The molecule has 0 fully saturated rings. The molecule has 2 rings (SSSR count). The van der Waals surface area contributed by atoms with E-state index in [0.717, 1.165) is 6.07 Å². The van der Waals surface area contributed by atoms with Gasteiger partial charge in [-0.3, -0.25) is 0 Å². The fraction of sp³-hybridized carbons (Fsp3) is 0.143. The third-order valence-corrected chi connectivity index (χ3v) is 2.61. The monoisotopic (exact) mass is 252 g/mol. The van der Waals surface area contributed by atoms with Gasteiger partial charge in [-0.15, -0.1) is 0 Å². The molecule has 18 heavy (non-hydrogen) atoms. The first-order valence-electron chi connectivity index (χ1n) is 5.37. The molecule has 0 aromatic heterocycles. The molecule has 0 spiro atoms. The van der Waals surface area contributed by atoms with Crippen molar-refractivity contribution >= 4 is 0 Å². The molecule has 0 aliphatic rings. The molecule has 0 saturated heterocycles. The van der Waals surface area contributed by atoms with Gasteiger partial charge in [-0.05, 0) is 37.1 Å². The lowest BCUT2D eigenvalue weighted by Crippen LogP contribution is -1.95. The quantitative estimate of drug-likeness (QED) is 0.763. The maximum atomic E-state index is 13.5. The maximum absolute atomic E-state index is 13.5. The molecule has 0 aliphatic carbocycles. The number of hydrogen-bond donors (Lipinski definition) is 0. The predicted octanol–water partition coefficient (Wildman–Crippen LogP) is 4.51. The van der Waals surface area contributed by atoms with Crippen molar-refractivity contribution < 1.29 is 17.9 Å². The van der Waals surface area contributed by atoms with Crippen LogP contribution in [0.15, 0.2) is 30.3 Å². The van der Waals surface area contributed by atoms with Crippen LogP contribution in [0.2, 0.25) is 0 Å². The van der Waals surface area contributed by atoms with Crippen molar-refractivity contribution in [2.24, 2.45) is 0 Å². The van der Waals surface area contributed by atoms with Crippen LogP contribution in [-0.4, -0.2) is 0 Å². The van der Waals surface area contributed by atoms with Crippen LogP contribution < -0.4 is 4.74 Å². The van der Waals surface area contributed by atoms with Crippen LogP contribution in [-0.2, 0) is 0 Å². The van der Waals surface area contributed by atoms with Crippen LogP contribution in [0.1, 0.15) is 11.1 Å². The summed E-state index contributed by atoms with van der Waals surface area (Å²) < 4.78 is 45.2. The highest BCUT2D eigenvalue weighted by Gasteiger charge is 2.13. The van der Waals surface area contributed by atoms with E-state index in [1.54, 1.807) is 6.92 Å². The number of halogens is 3. The second-order valence-electron chi connectivity index (χ2n) is 4.02. The Bertz CT molecular complexity index is 594. The summed E-state index contributed by atoms with van der Waals surface area (Å²) in [6.45, 7) is 3.05. The van der Waals surface area contributed by atoms with Gasteiger partial charge in [0.1, 0.15) is 11.6 Å². The Balaban J connectivity index is 2.34. The molecule has 94 valence electrons. The summed E-state index contributed by atoms with van der Waals surface area (Å²) in [5, 5.41) is 0. The fourth-order valence-corrected chi connectivity index (χ4v) is 1.47. The van der Waals surface area contributed by atoms with E-state index < -0.39 is 17.5 Å². The second kappa shape index (κ2) is 4.72. The average Bonchev–Trinajstić information content (AvgIpc) is 2.34. The van der Waals surface area contributed by atoms with Crippen molar-refractivity contribution in [2.45, 2.75) is 13.8 Å². The van der Waals surface area contributed by atoms with E-state index >= 15 is 0 Å². The van der Waals surface area contributed by atoms with E-state index in [2.05, 4.69) is 0 Å². The van der Waals surface area contributed by atoms with Crippen molar-refractivity contribution in [1.82, 2.24) is 0 Å². The smallest absolute Gasteiger partial charge is 0.201 e. The molecule has 2 aromatic rings. The summed E-state index contributed by atoms with van der Waals surface area (Å²) >= 11 is 0. The number of ether oxygens (including phenoxy) is 1. The third kappa shape index (κ3) is 2.32. The molecule has 0 amide bonds. The highest BCUT2D eigenvalue weighted by atomic mass is 19.2. The SMILES string of the molecule is Cc1ccc(Oc2ccc(C)c(F)c2F)cc1F. The zero-order valence-electron chi connectivity index (χ0n) is 9.93. The highest BCUT2D eigenvalue weighted by molar-refractivity contribution is 5.36. The van der Waals surface area contributed by atoms with Gasteiger partial charge in [0.25, 0.3) is 0 Å². The second-order valence-corrected chi connectivity index (χ2v) is 4.02. The van der Waals surface area contributed by atoms with Gasteiger partial charge in [0.2, 0.25) is 5.82 Å². The molecule has 0 aliphatic heterocycles. The van der Waals surface area contributed by atoms with Crippen molar-refractivity contribution in [1.29, 1.82) is 0 Å². The largest absolute Gasteiger partial charge is 0.454 e. The first-order valence-corrected chi connectivity index (χ1v) is 5.37. The van der Waals surface area contributed by atoms with Gasteiger partial charge in [-0.25, -0.2) is 8.78 Å². The van der Waals surface area contributed by atoms with Crippen LogP contribution >= 0.6 is 0 Å². The Morgan fingerprint density at radius 2 is 1.50 bits per heavy atom. The molecule has 0 radical (unpaired) electrons. The van der Waals surface area contributed by atoms with Gasteiger partial charge < -0.3 is 4.74 Å². The first kappa shape index (κ1) is 12.5. The van der Waals surface area contributed by atoms with E-state index in [-0.39, 0.29) is 17.1 Å². The zero-order chi connectivity index (χ0) is 13.3. The van der Waals surface area contributed by atoms with E-state index in [4.69, 9.17) is 4.74 Å². The normalized spacial score (nSPS) is 10.5. The van der Waals surface area contributed by atoms with E-state index in [1.807, 2.05) is 0 Å². The van der Waals surface area contributed by atoms with Crippen LogP contribution in [0, 0.1) is 31.3 Å². The third-order valence-electron chi connectivity index (χ3n) is 2.61. The Hall–Kier alpha value is -1.97. The number of aryl methyl sites for hydroxylation is 2. The molecule has 0 heterocycles. The van der Waals surface area contributed by atoms with E-state index in [1.165, 1.54) is 31.2 Å². The summed E-state index contributed by atoms with van der Waals surface area (Å²) in [7, 11) is 0. The van der Waals surface area contributed by atoms with Crippen molar-refractivity contribution in [3.63, 3.8) is 0 Å². The first-order chi connectivity index (χ1) is 8.49. The summed E-state index contributed by atoms with van der Waals surface area (Å²) in [6.07, 6.45) is 0. The molecule has 0 bridgehead atoms. The Kier molecular flexibility index (Phi) is 3.28. The van der Waals surface area contributed by atoms with Gasteiger partial charge in [0.05, 0.1) is 0 Å². The minimum atomic E-state index is -1.07. The van der Waals surface area contributed by atoms with E-state index in [0.29, 0.717) is 5.56 Å². The Labute approximate surface area is 103 Å². The topological polar surface area (TPSA) is 9.23 Å². The predicted molar refractivity (Wildman–Crippen MR) is 62.3 cm³/mol. The fourth-order valence-electron chi connectivity index (χ4n) is 1.47. The van der Waals surface area contributed by atoms with Crippen molar-refractivity contribution in [3.05, 3.63) is 58.9 Å². The van der Waals surface area contributed by atoms with Crippen molar-refractivity contribution in [2.75, 3.05) is 0 Å². The number of hydrogen-bond acceptors (Lipinski definition) is 1. The lowest BCUT2D eigenvalue weighted by Gasteiger charge is -2.09. The minimum Gasteiger partial charge on any atom is -0.454 e. The van der Waals surface area contributed by atoms with Crippen LogP contribution in [0.3, 0.4) is 0 Å². The molecule has 0 N–H and O–H groups in total. The summed E-state index contributed by atoms with van der Waals surface area (Å²) in [4.78, 5) is 0. The van der Waals surface area contributed by atoms with Crippen LogP contribution in [0.4, 0.5) is 13.2 Å². The molecular formula is C14H11F3O. The van der Waals surface area contributed by atoms with E-state index in [9.17, 15) is 13.2 Å². The Morgan fingerprint density at radius 1 is 0.833 bits per heavy atom. The van der Waals surface area contributed by atoms with Gasteiger partial charge in [-0.2, -0.15) is 4.39 Å².